The molecule has 3 rings (SSSR count). The number of hydrogen-bond donors (Lipinski definition) is 2. The van der Waals surface area contributed by atoms with Gasteiger partial charge in [0.1, 0.15) is 0 Å². The number of benzene rings is 1. The molecule has 22 heavy (non-hydrogen) atoms. The van der Waals surface area contributed by atoms with Crippen molar-refractivity contribution in [2.24, 2.45) is 0 Å². The summed E-state index contributed by atoms with van der Waals surface area (Å²) in [5.41, 5.74) is 1.07. The fourth-order valence-corrected chi connectivity index (χ4v) is 2.68. The van der Waals surface area contributed by atoms with Gasteiger partial charge in [-0.3, -0.25) is 9.59 Å². The molecular weight excluding hydrogens is 306 g/mol. The van der Waals surface area contributed by atoms with Crippen LogP contribution < -0.4 is 15.4 Å². The van der Waals surface area contributed by atoms with E-state index >= 15 is 0 Å². The monoisotopic (exact) mass is 325 g/mol. The predicted octanol–water partition coefficient (Wildman–Crippen LogP) is 1.26. The Morgan fingerprint density at radius 1 is 1.36 bits per heavy atom. The van der Waals surface area contributed by atoms with Crippen LogP contribution in [0.3, 0.4) is 0 Å². The molecule has 2 N–H and O–H groups in total. The van der Waals surface area contributed by atoms with Crippen LogP contribution in [0.15, 0.2) is 18.2 Å². The summed E-state index contributed by atoms with van der Waals surface area (Å²) in [6.07, 6.45) is -0.589. The maximum absolute atomic E-state index is 12.7. The molecule has 120 valence electrons. The number of carbonyl (C=O) groups is 2. The Labute approximate surface area is 135 Å². The van der Waals surface area contributed by atoms with Gasteiger partial charge in [-0.1, -0.05) is 6.07 Å². The maximum atomic E-state index is 12.7. The number of nitrogens with zero attached hydrogens (tertiary/aromatic N) is 1. The van der Waals surface area contributed by atoms with Gasteiger partial charge >= 0.3 is 0 Å². The van der Waals surface area contributed by atoms with Gasteiger partial charge in [0, 0.05) is 25.7 Å². The third kappa shape index (κ3) is 3.03. The quantitative estimate of drug-likeness (QED) is 0.815. The van der Waals surface area contributed by atoms with Crippen molar-refractivity contribution < 1.29 is 14.3 Å². The summed E-state index contributed by atoms with van der Waals surface area (Å²) < 4.78 is 5.64. The van der Waals surface area contributed by atoms with Gasteiger partial charge in [-0.2, -0.15) is 0 Å². The molecule has 2 heterocycles. The first-order chi connectivity index (χ1) is 10.1. The highest BCUT2D eigenvalue weighted by atomic mass is 35.5. The van der Waals surface area contributed by atoms with E-state index in [1.54, 1.807) is 25.1 Å². The molecule has 7 heteroatoms. The summed E-state index contributed by atoms with van der Waals surface area (Å²) >= 11 is 0. The van der Waals surface area contributed by atoms with Crippen LogP contribution in [0.5, 0.6) is 5.75 Å². The third-order valence-electron chi connectivity index (χ3n) is 3.82. The number of para-hydroxylation sites is 1. The number of ether oxygens (including phenoxy) is 1. The van der Waals surface area contributed by atoms with Crippen LogP contribution in [0.1, 0.15) is 24.2 Å². The lowest BCUT2D eigenvalue weighted by atomic mass is 10.1. The summed E-state index contributed by atoms with van der Waals surface area (Å²) in [5, 5.41) is 6.08. The van der Waals surface area contributed by atoms with Gasteiger partial charge < -0.3 is 20.3 Å². The van der Waals surface area contributed by atoms with Crippen molar-refractivity contribution in [3.05, 3.63) is 23.8 Å². The van der Waals surface area contributed by atoms with Crippen molar-refractivity contribution in [3.63, 3.8) is 0 Å². The highest BCUT2D eigenvalue weighted by Crippen LogP contribution is 2.34. The highest BCUT2D eigenvalue weighted by molar-refractivity contribution is 6.04. The highest BCUT2D eigenvalue weighted by Gasteiger charge is 2.30. The van der Waals surface area contributed by atoms with E-state index in [0.29, 0.717) is 30.1 Å². The first kappa shape index (κ1) is 16.6. The van der Waals surface area contributed by atoms with E-state index in [2.05, 4.69) is 17.6 Å². The first-order valence-corrected chi connectivity index (χ1v) is 7.19. The molecule has 2 aliphatic heterocycles. The number of nitrogens with one attached hydrogen (secondary N) is 2. The zero-order valence-corrected chi connectivity index (χ0v) is 13.4. The van der Waals surface area contributed by atoms with Crippen molar-refractivity contribution in [2.75, 3.05) is 25.0 Å². The van der Waals surface area contributed by atoms with E-state index in [0.717, 1.165) is 6.54 Å². The number of carbonyl (C=O) groups excluding carboxylic acids is 2. The van der Waals surface area contributed by atoms with Crippen molar-refractivity contribution in [2.45, 2.75) is 26.0 Å². The summed E-state index contributed by atoms with van der Waals surface area (Å²) in [4.78, 5) is 26.2. The molecule has 0 radical (unpaired) electrons. The lowest BCUT2D eigenvalue weighted by molar-refractivity contribution is -0.122. The predicted molar refractivity (Wildman–Crippen MR) is 85.8 cm³/mol. The van der Waals surface area contributed by atoms with Crippen molar-refractivity contribution in [1.29, 1.82) is 0 Å². The molecule has 0 spiro atoms. The summed E-state index contributed by atoms with van der Waals surface area (Å²) in [6.45, 7) is 5.86. The molecule has 1 aromatic carbocycles. The SMILES string of the molecule is CC1CN(C(=O)c2cccc3c2OC(C)C(=O)N3)CCN1.Cl. The Balaban J connectivity index is 0.00000176. The van der Waals surface area contributed by atoms with Gasteiger partial charge in [-0.25, -0.2) is 0 Å². The van der Waals surface area contributed by atoms with E-state index in [9.17, 15) is 9.59 Å². The van der Waals surface area contributed by atoms with Gasteiger partial charge in [0.2, 0.25) is 0 Å². The Hall–Kier alpha value is -1.79. The number of hydrogen-bond acceptors (Lipinski definition) is 4. The van der Waals surface area contributed by atoms with Crippen LogP contribution in [0, 0.1) is 0 Å². The molecule has 1 fully saturated rings. The molecule has 1 aromatic rings. The average molecular weight is 326 g/mol. The summed E-state index contributed by atoms with van der Waals surface area (Å²) in [5.74, 6) is 0.229. The van der Waals surface area contributed by atoms with E-state index in [-0.39, 0.29) is 30.3 Å². The number of halogens is 1. The molecule has 2 amide bonds. The molecule has 2 aliphatic rings. The van der Waals surface area contributed by atoms with Crippen LogP contribution in [-0.2, 0) is 4.79 Å². The molecule has 1 saturated heterocycles. The summed E-state index contributed by atoms with van der Waals surface area (Å²) in [6, 6.07) is 5.54. The van der Waals surface area contributed by atoms with Crippen LogP contribution >= 0.6 is 12.4 Å². The minimum absolute atomic E-state index is 0. The van der Waals surface area contributed by atoms with E-state index in [4.69, 9.17) is 4.74 Å². The molecule has 6 nitrogen and oxygen atoms in total. The average Bonchev–Trinajstić information content (AvgIpc) is 2.47. The first-order valence-electron chi connectivity index (χ1n) is 7.19. The number of rotatable bonds is 1. The van der Waals surface area contributed by atoms with Gasteiger partial charge in [0.25, 0.3) is 11.8 Å². The van der Waals surface area contributed by atoms with E-state index < -0.39 is 6.10 Å². The van der Waals surface area contributed by atoms with Gasteiger partial charge in [-0.05, 0) is 26.0 Å². The van der Waals surface area contributed by atoms with Gasteiger partial charge in [0.15, 0.2) is 11.9 Å². The summed E-state index contributed by atoms with van der Waals surface area (Å²) in [7, 11) is 0. The topological polar surface area (TPSA) is 70.7 Å². The molecule has 2 unspecified atom stereocenters. The second-order valence-electron chi connectivity index (χ2n) is 5.54. The number of piperazine rings is 1. The Morgan fingerprint density at radius 2 is 2.14 bits per heavy atom. The van der Waals surface area contributed by atoms with Crippen molar-refractivity contribution >= 4 is 29.9 Å². The van der Waals surface area contributed by atoms with Crippen molar-refractivity contribution in [3.8, 4) is 5.75 Å². The lowest BCUT2D eigenvalue weighted by Crippen LogP contribution is -2.51. The van der Waals surface area contributed by atoms with Crippen LogP contribution in [0.25, 0.3) is 0 Å². The standard InChI is InChI=1S/C15H19N3O3.ClH/c1-9-8-18(7-6-16-9)15(20)11-4-3-5-12-13(11)21-10(2)14(19)17-12;/h3-5,9-10,16H,6-8H2,1-2H3,(H,17,19);1H. The second kappa shape index (κ2) is 6.54. The fraction of sp³-hybridized carbons (Fsp3) is 0.467. The molecule has 0 saturated carbocycles. The number of amides is 2. The Bertz CT molecular complexity index is 593. The molecular formula is C15H20ClN3O3. The minimum atomic E-state index is -0.589. The van der Waals surface area contributed by atoms with Gasteiger partial charge in [-0.15, -0.1) is 12.4 Å². The molecule has 0 aliphatic carbocycles. The number of fused-ring (bicyclic) bond motifs is 1. The molecule has 2 atom stereocenters. The zero-order chi connectivity index (χ0) is 15.0. The zero-order valence-electron chi connectivity index (χ0n) is 12.6. The largest absolute Gasteiger partial charge is 0.478 e. The molecule has 0 bridgehead atoms. The van der Waals surface area contributed by atoms with Crippen LogP contribution in [-0.4, -0.2) is 48.5 Å². The van der Waals surface area contributed by atoms with Crippen LogP contribution in [0.2, 0.25) is 0 Å². The van der Waals surface area contributed by atoms with Gasteiger partial charge in [0.05, 0.1) is 11.3 Å². The molecule has 0 aromatic heterocycles. The van der Waals surface area contributed by atoms with Crippen LogP contribution in [0.4, 0.5) is 5.69 Å². The van der Waals surface area contributed by atoms with E-state index in [1.165, 1.54) is 0 Å². The maximum Gasteiger partial charge on any atom is 0.265 e. The minimum Gasteiger partial charge on any atom is -0.478 e. The fourth-order valence-electron chi connectivity index (χ4n) is 2.68. The Kier molecular flexibility index (Phi) is 4.93. The normalized spacial score (nSPS) is 23.7. The number of anilines is 1. The second-order valence-corrected chi connectivity index (χ2v) is 5.54. The Morgan fingerprint density at radius 3 is 2.86 bits per heavy atom. The third-order valence-corrected chi connectivity index (χ3v) is 3.82. The van der Waals surface area contributed by atoms with E-state index in [1.807, 2.05) is 4.90 Å². The lowest BCUT2D eigenvalue weighted by Gasteiger charge is -2.33. The van der Waals surface area contributed by atoms with Crippen molar-refractivity contribution in [1.82, 2.24) is 10.2 Å². The smallest absolute Gasteiger partial charge is 0.265 e.